The molecule has 0 bridgehead atoms. The number of methoxy groups -OCH3 is 1. The van der Waals surface area contributed by atoms with Crippen molar-refractivity contribution in [2.24, 2.45) is 0 Å². The van der Waals surface area contributed by atoms with Gasteiger partial charge in [-0.15, -0.1) is 0 Å². The topological polar surface area (TPSA) is 57.9 Å². The van der Waals surface area contributed by atoms with Gasteiger partial charge in [0.05, 0.1) is 25.3 Å². The molecule has 2 aromatic carbocycles. The normalized spacial score (nSPS) is 16.1. The molecule has 1 aromatic heterocycles. The molecule has 3 aromatic rings. The van der Waals surface area contributed by atoms with E-state index in [2.05, 4.69) is 16.8 Å². The zero-order valence-corrected chi connectivity index (χ0v) is 19.0. The fourth-order valence-electron chi connectivity index (χ4n) is 4.41. The molecule has 0 unspecified atom stereocenters. The number of aromatic nitrogens is 1. The van der Waals surface area contributed by atoms with Crippen molar-refractivity contribution in [3.05, 3.63) is 93.4 Å². The van der Waals surface area contributed by atoms with Crippen LogP contribution in [0.5, 0.6) is 11.5 Å². The van der Waals surface area contributed by atoms with Gasteiger partial charge in [-0.3, -0.25) is 9.69 Å². The van der Waals surface area contributed by atoms with Crippen molar-refractivity contribution < 1.29 is 9.84 Å². The lowest BCUT2D eigenvalue weighted by atomic mass is 9.95. The zero-order chi connectivity index (χ0) is 22.7. The number of hydrogen-bond acceptors (Lipinski definition) is 5. The second kappa shape index (κ2) is 9.59. The monoisotopic (exact) mass is 433 g/mol. The average Bonchev–Trinajstić information content (AvgIpc) is 2.81. The molecular weight excluding hydrogens is 402 g/mol. The Morgan fingerprint density at radius 2 is 1.66 bits per heavy atom. The molecule has 1 N–H and O–H groups in total. The van der Waals surface area contributed by atoms with Crippen molar-refractivity contribution >= 4 is 0 Å². The summed E-state index contributed by atoms with van der Waals surface area (Å²) in [6.45, 7) is 5.80. The Bertz CT molecular complexity index is 1100. The van der Waals surface area contributed by atoms with Crippen molar-refractivity contribution in [2.45, 2.75) is 19.5 Å². The van der Waals surface area contributed by atoms with E-state index in [0.717, 1.165) is 48.7 Å². The Morgan fingerprint density at radius 1 is 1.00 bits per heavy atom. The van der Waals surface area contributed by atoms with Gasteiger partial charge in [0.25, 0.3) is 5.56 Å². The molecule has 1 atom stereocenters. The van der Waals surface area contributed by atoms with E-state index in [1.807, 2.05) is 61.5 Å². The molecule has 1 aliphatic heterocycles. The maximum atomic E-state index is 13.8. The van der Waals surface area contributed by atoms with Crippen LogP contribution in [0.15, 0.2) is 65.5 Å². The van der Waals surface area contributed by atoms with E-state index in [9.17, 15) is 9.90 Å². The van der Waals surface area contributed by atoms with Gasteiger partial charge >= 0.3 is 0 Å². The quantitative estimate of drug-likeness (QED) is 0.647. The lowest BCUT2D eigenvalue weighted by Crippen LogP contribution is -2.47. The molecule has 168 valence electrons. The molecule has 0 spiro atoms. The third kappa shape index (κ3) is 4.56. The highest BCUT2D eigenvalue weighted by atomic mass is 16.5. The average molecular weight is 434 g/mol. The molecule has 6 heteroatoms. The summed E-state index contributed by atoms with van der Waals surface area (Å²) >= 11 is 0. The van der Waals surface area contributed by atoms with Crippen LogP contribution in [0.25, 0.3) is 0 Å². The summed E-state index contributed by atoms with van der Waals surface area (Å²) in [5, 5.41) is 11.0. The van der Waals surface area contributed by atoms with E-state index in [-0.39, 0.29) is 17.4 Å². The zero-order valence-electron chi connectivity index (χ0n) is 19.0. The molecule has 4 rings (SSSR count). The molecular formula is C26H31N3O3. The van der Waals surface area contributed by atoms with Crippen LogP contribution in [0.4, 0.5) is 0 Å². The van der Waals surface area contributed by atoms with Gasteiger partial charge in [0.1, 0.15) is 11.5 Å². The van der Waals surface area contributed by atoms with E-state index in [4.69, 9.17) is 4.74 Å². The molecule has 2 heterocycles. The highest BCUT2D eigenvalue weighted by Gasteiger charge is 2.31. The first-order chi connectivity index (χ1) is 15.5. The third-order valence-corrected chi connectivity index (χ3v) is 6.31. The van der Waals surface area contributed by atoms with Crippen molar-refractivity contribution in [1.29, 1.82) is 0 Å². The van der Waals surface area contributed by atoms with Crippen molar-refractivity contribution in [3.8, 4) is 11.5 Å². The minimum atomic E-state index is -0.329. The Hall–Kier alpha value is -3.09. The molecule has 0 aliphatic carbocycles. The van der Waals surface area contributed by atoms with Crippen LogP contribution in [0.1, 0.15) is 28.4 Å². The molecule has 0 saturated carbocycles. The Labute approximate surface area is 189 Å². The lowest BCUT2D eigenvalue weighted by molar-refractivity contribution is 0.125. The SMILES string of the molecule is COc1ccc([C@@H](c2c(O)cc(C)n(Cc3ccccc3)c2=O)N2CCN(C)CC2)cc1. The number of hydrogen-bond donors (Lipinski definition) is 1. The minimum Gasteiger partial charge on any atom is -0.507 e. The fourth-order valence-corrected chi connectivity index (χ4v) is 4.41. The van der Waals surface area contributed by atoms with Crippen LogP contribution in [0.2, 0.25) is 0 Å². The second-order valence-electron chi connectivity index (χ2n) is 8.48. The van der Waals surface area contributed by atoms with E-state index in [1.54, 1.807) is 17.7 Å². The first-order valence-electron chi connectivity index (χ1n) is 11.0. The molecule has 1 fully saturated rings. The van der Waals surface area contributed by atoms with Gasteiger partial charge in [0, 0.05) is 31.9 Å². The van der Waals surface area contributed by atoms with Crippen LogP contribution >= 0.6 is 0 Å². The second-order valence-corrected chi connectivity index (χ2v) is 8.48. The molecule has 0 radical (unpaired) electrons. The number of aromatic hydroxyl groups is 1. The van der Waals surface area contributed by atoms with Crippen molar-refractivity contribution in [2.75, 3.05) is 40.3 Å². The number of aryl methyl sites for hydroxylation is 1. The number of benzene rings is 2. The Morgan fingerprint density at radius 3 is 2.28 bits per heavy atom. The van der Waals surface area contributed by atoms with Gasteiger partial charge in [-0.25, -0.2) is 0 Å². The molecule has 1 saturated heterocycles. The van der Waals surface area contributed by atoms with Crippen molar-refractivity contribution in [1.82, 2.24) is 14.4 Å². The van der Waals surface area contributed by atoms with Crippen molar-refractivity contribution in [3.63, 3.8) is 0 Å². The summed E-state index contributed by atoms with van der Waals surface area (Å²) in [5.74, 6) is 0.817. The molecule has 1 aliphatic rings. The number of pyridine rings is 1. The number of piperazine rings is 1. The van der Waals surface area contributed by atoms with E-state index >= 15 is 0 Å². The fraction of sp³-hybridized carbons (Fsp3) is 0.346. The summed E-state index contributed by atoms with van der Waals surface area (Å²) < 4.78 is 7.09. The number of likely N-dealkylation sites (N-methyl/N-ethyl adjacent to an activating group) is 1. The van der Waals surface area contributed by atoms with E-state index in [1.165, 1.54) is 0 Å². The van der Waals surface area contributed by atoms with Crippen LogP contribution in [0.3, 0.4) is 0 Å². The van der Waals surface area contributed by atoms with Gasteiger partial charge < -0.3 is 19.3 Å². The van der Waals surface area contributed by atoms with Crippen LogP contribution in [-0.4, -0.2) is 59.8 Å². The summed E-state index contributed by atoms with van der Waals surface area (Å²) in [7, 11) is 3.75. The number of nitrogens with zero attached hydrogens (tertiary/aromatic N) is 3. The highest BCUT2D eigenvalue weighted by Crippen LogP contribution is 2.34. The first-order valence-corrected chi connectivity index (χ1v) is 11.0. The first kappa shape index (κ1) is 22.1. The summed E-state index contributed by atoms with van der Waals surface area (Å²) in [6, 6.07) is 19.1. The lowest BCUT2D eigenvalue weighted by Gasteiger charge is -2.38. The largest absolute Gasteiger partial charge is 0.507 e. The minimum absolute atomic E-state index is 0.0524. The number of ether oxygens (including phenoxy) is 1. The predicted molar refractivity (Wildman–Crippen MR) is 127 cm³/mol. The maximum Gasteiger partial charge on any atom is 0.259 e. The van der Waals surface area contributed by atoms with Gasteiger partial charge in [0.15, 0.2) is 0 Å². The summed E-state index contributed by atoms with van der Waals surface area (Å²) in [4.78, 5) is 18.4. The Kier molecular flexibility index (Phi) is 6.63. The van der Waals surface area contributed by atoms with E-state index in [0.29, 0.717) is 12.1 Å². The van der Waals surface area contributed by atoms with Gasteiger partial charge in [0.2, 0.25) is 0 Å². The summed E-state index contributed by atoms with van der Waals surface area (Å²) in [6.07, 6.45) is 0. The van der Waals surface area contributed by atoms with Gasteiger partial charge in [-0.2, -0.15) is 0 Å². The molecule has 0 amide bonds. The van der Waals surface area contributed by atoms with Crippen LogP contribution < -0.4 is 10.3 Å². The van der Waals surface area contributed by atoms with Gasteiger partial charge in [-0.1, -0.05) is 42.5 Å². The summed E-state index contributed by atoms with van der Waals surface area (Å²) in [5.41, 5.74) is 3.05. The Balaban J connectivity index is 1.82. The molecule has 6 nitrogen and oxygen atoms in total. The standard InChI is InChI=1S/C26H31N3O3/c1-19-17-23(30)24(26(31)29(19)18-20-7-5-4-6-8-20)25(28-15-13-27(2)14-16-28)21-9-11-22(32-3)12-10-21/h4-12,17,25,30H,13-16,18H2,1-3H3/t25-/m0/s1. The highest BCUT2D eigenvalue weighted by molar-refractivity contribution is 5.42. The number of rotatable bonds is 6. The predicted octanol–water partition coefficient (Wildman–Crippen LogP) is 3.26. The third-order valence-electron chi connectivity index (χ3n) is 6.31. The molecule has 32 heavy (non-hydrogen) atoms. The van der Waals surface area contributed by atoms with E-state index < -0.39 is 0 Å². The van der Waals surface area contributed by atoms with Crippen LogP contribution in [-0.2, 0) is 6.54 Å². The van der Waals surface area contributed by atoms with Gasteiger partial charge in [-0.05, 0) is 43.3 Å². The smallest absolute Gasteiger partial charge is 0.259 e. The van der Waals surface area contributed by atoms with Crippen LogP contribution in [0, 0.1) is 6.92 Å². The maximum absolute atomic E-state index is 13.8.